The Kier molecular flexibility index (Phi) is 7.12. The van der Waals surface area contributed by atoms with Crippen LogP contribution in [0.5, 0.6) is 0 Å². The maximum Gasteiger partial charge on any atom is 0.251 e. The molecule has 2 amide bonds. The molecule has 1 aromatic heterocycles. The second-order valence-corrected chi connectivity index (χ2v) is 8.56. The molecule has 0 atom stereocenters. The third-order valence-electron chi connectivity index (χ3n) is 4.89. The van der Waals surface area contributed by atoms with Crippen molar-refractivity contribution in [2.24, 2.45) is 7.05 Å². The van der Waals surface area contributed by atoms with Gasteiger partial charge in [-0.25, -0.2) is 0 Å². The fraction of sp³-hybridized carbons (Fsp3) is 0.304. The van der Waals surface area contributed by atoms with Crippen LogP contribution >= 0.6 is 11.8 Å². The van der Waals surface area contributed by atoms with Crippen molar-refractivity contribution in [3.63, 3.8) is 0 Å². The Balaban J connectivity index is 1.55. The van der Waals surface area contributed by atoms with Gasteiger partial charge in [0.2, 0.25) is 5.91 Å². The molecule has 0 fully saturated rings. The molecule has 0 aliphatic carbocycles. The number of aryl methyl sites for hydroxylation is 4. The summed E-state index contributed by atoms with van der Waals surface area (Å²) in [7, 11) is 1.82. The van der Waals surface area contributed by atoms with Crippen LogP contribution < -0.4 is 10.6 Å². The number of thioether (sulfide) groups is 1. The molecule has 0 saturated carbocycles. The lowest BCUT2D eigenvalue weighted by Crippen LogP contribution is -2.24. The van der Waals surface area contributed by atoms with Gasteiger partial charge in [0.25, 0.3) is 5.91 Å². The number of carbonyl (C=O) groups is 2. The molecule has 2 N–H and O–H groups in total. The highest BCUT2D eigenvalue weighted by molar-refractivity contribution is 7.99. The summed E-state index contributed by atoms with van der Waals surface area (Å²) in [5, 5.41) is 14.8. The first kappa shape index (κ1) is 22.6. The van der Waals surface area contributed by atoms with Crippen molar-refractivity contribution in [3.8, 4) is 0 Å². The number of nitrogens with zero attached hydrogens (tertiary/aromatic N) is 3. The standard InChI is InChI=1S/C23H27N5O2S/c1-14-7-6-8-18(11-14)22(30)24-12-19-26-27-23(28(19)5)31-13-20(29)25-21-16(3)9-15(2)10-17(21)4/h6-11H,12-13H2,1-5H3,(H,24,30)(H,25,29). The first-order valence-corrected chi connectivity index (χ1v) is 11.0. The van der Waals surface area contributed by atoms with Crippen molar-refractivity contribution in [2.75, 3.05) is 11.1 Å². The van der Waals surface area contributed by atoms with Gasteiger partial charge >= 0.3 is 0 Å². The smallest absolute Gasteiger partial charge is 0.251 e. The highest BCUT2D eigenvalue weighted by Gasteiger charge is 2.14. The number of hydrogen-bond acceptors (Lipinski definition) is 5. The minimum Gasteiger partial charge on any atom is -0.345 e. The van der Waals surface area contributed by atoms with Crippen LogP contribution in [0, 0.1) is 27.7 Å². The zero-order valence-corrected chi connectivity index (χ0v) is 19.3. The van der Waals surface area contributed by atoms with Gasteiger partial charge in [-0.1, -0.05) is 47.2 Å². The van der Waals surface area contributed by atoms with E-state index in [9.17, 15) is 9.59 Å². The monoisotopic (exact) mass is 437 g/mol. The summed E-state index contributed by atoms with van der Waals surface area (Å²) in [5.74, 6) is 0.574. The molecule has 8 heteroatoms. The Labute approximate surface area is 186 Å². The third-order valence-corrected chi connectivity index (χ3v) is 5.91. The van der Waals surface area contributed by atoms with E-state index in [2.05, 4.69) is 33.0 Å². The minimum atomic E-state index is -0.163. The lowest BCUT2D eigenvalue weighted by atomic mass is 10.1. The van der Waals surface area contributed by atoms with Crippen molar-refractivity contribution in [1.29, 1.82) is 0 Å². The van der Waals surface area contributed by atoms with Crippen LogP contribution in [0.4, 0.5) is 5.69 Å². The van der Waals surface area contributed by atoms with E-state index in [1.807, 2.05) is 52.9 Å². The van der Waals surface area contributed by atoms with Crippen molar-refractivity contribution >= 4 is 29.3 Å². The van der Waals surface area contributed by atoms with E-state index < -0.39 is 0 Å². The third kappa shape index (κ3) is 5.73. The Morgan fingerprint density at radius 1 is 1.00 bits per heavy atom. The Bertz CT molecular complexity index is 1100. The zero-order valence-electron chi connectivity index (χ0n) is 18.4. The Morgan fingerprint density at radius 2 is 1.71 bits per heavy atom. The lowest BCUT2D eigenvalue weighted by Gasteiger charge is -2.12. The number of anilines is 1. The quantitative estimate of drug-likeness (QED) is 0.550. The first-order valence-electron chi connectivity index (χ1n) is 9.98. The average Bonchev–Trinajstić information content (AvgIpc) is 3.06. The van der Waals surface area contributed by atoms with E-state index in [1.165, 1.54) is 17.3 Å². The molecule has 0 bridgehead atoms. The molecule has 162 valence electrons. The predicted molar refractivity (Wildman–Crippen MR) is 123 cm³/mol. The van der Waals surface area contributed by atoms with E-state index in [1.54, 1.807) is 10.6 Å². The topological polar surface area (TPSA) is 88.9 Å². The summed E-state index contributed by atoms with van der Waals surface area (Å²) in [6.45, 7) is 8.22. The minimum absolute atomic E-state index is 0.0997. The molecule has 1 heterocycles. The fourth-order valence-electron chi connectivity index (χ4n) is 3.36. The van der Waals surface area contributed by atoms with Gasteiger partial charge in [0.15, 0.2) is 11.0 Å². The van der Waals surface area contributed by atoms with Gasteiger partial charge in [0.1, 0.15) is 0 Å². The largest absolute Gasteiger partial charge is 0.345 e. The number of carbonyl (C=O) groups excluding carboxylic acids is 2. The fourth-order valence-corrected chi connectivity index (χ4v) is 4.09. The molecule has 0 aliphatic rings. The van der Waals surface area contributed by atoms with Crippen molar-refractivity contribution < 1.29 is 9.59 Å². The molecule has 0 radical (unpaired) electrons. The van der Waals surface area contributed by atoms with E-state index >= 15 is 0 Å². The van der Waals surface area contributed by atoms with E-state index in [4.69, 9.17) is 0 Å². The maximum absolute atomic E-state index is 12.4. The highest BCUT2D eigenvalue weighted by Crippen LogP contribution is 2.23. The molecular weight excluding hydrogens is 410 g/mol. The normalized spacial score (nSPS) is 10.7. The van der Waals surface area contributed by atoms with Gasteiger partial charge in [-0.15, -0.1) is 10.2 Å². The van der Waals surface area contributed by atoms with Gasteiger partial charge in [0.05, 0.1) is 12.3 Å². The number of amides is 2. The maximum atomic E-state index is 12.4. The molecule has 31 heavy (non-hydrogen) atoms. The van der Waals surface area contributed by atoms with Crippen molar-refractivity contribution in [1.82, 2.24) is 20.1 Å². The number of nitrogens with one attached hydrogen (secondary N) is 2. The van der Waals surface area contributed by atoms with Crippen LogP contribution in [-0.2, 0) is 18.4 Å². The summed E-state index contributed by atoms with van der Waals surface area (Å²) < 4.78 is 1.79. The van der Waals surface area contributed by atoms with Crippen LogP contribution in [-0.4, -0.2) is 32.3 Å². The molecule has 0 aliphatic heterocycles. The van der Waals surface area contributed by atoms with E-state index in [0.717, 1.165) is 22.4 Å². The van der Waals surface area contributed by atoms with Crippen LogP contribution in [0.25, 0.3) is 0 Å². The average molecular weight is 438 g/mol. The molecule has 7 nitrogen and oxygen atoms in total. The Hall–Kier alpha value is -3.13. The number of benzene rings is 2. The molecule has 2 aromatic carbocycles. The van der Waals surface area contributed by atoms with Gasteiger partial charge in [-0.3, -0.25) is 9.59 Å². The van der Waals surface area contributed by atoms with Crippen LogP contribution in [0.2, 0.25) is 0 Å². The van der Waals surface area contributed by atoms with E-state index in [0.29, 0.717) is 16.5 Å². The summed E-state index contributed by atoms with van der Waals surface area (Å²) in [4.78, 5) is 24.8. The molecule has 3 rings (SSSR count). The number of rotatable bonds is 7. The zero-order chi connectivity index (χ0) is 22.5. The number of hydrogen-bond donors (Lipinski definition) is 2. The summed E-state index contributed by atoms with van der Waals surface area (Å²) >= 11 is 1.31. The molecule has 3 aromatic rings. The lowest BCUT2D eigenvalue weighted by molar-refractivity contribution is -0.113. The van der Waals surface area contributed by atoms with E-state index in [-0.39, 0.29) is 24.1 Å². The summed E-state index contributed by atoms with van der Waals surface area (Å²) in [6, 6.07) is 11.5. The second kappa shape index (κ2) is 9.78. The van der Waals surface area contributed by atoms with Crippen molar-refractivity contribution in [2.45, 2.75) is 39.4 Å². The number of aromatic nitrogens is 3. The summed E-state index contributed by atoms with van der Waals surface area (Å²) in [6.07, 6.45) is 0. The molecular formula is C23H27N5O2S. The molecule has 0 spiro atoms. The second-order valence-electron chi connectivity index (χ2n) is 7.62. The Morgan fingerprint density at radius 3 is 2.39 bits per heavy atom. The van der Waals surface area contributed by atoms with Crippen LogP contribution in [0.15, 0.2) is 41.6 Å². The predicted octanol–water partition coefficient (Wildman–Crippen LogP) is 3.71. The van der Waals surface area contributed by atoms with Gasteiger partial charge in [0, 0.05) is 18.3 Å². The SMILES string of the molecule is Cc1cccc(C(=O)NCc2nnc(SCC(=O)Nc3c(C)cc(C)cc3C)n2C)c1. The molecule has 0 unspecified atom stereocenters. The van der Waals surface area contributed by atoms with Crippen LogP contribution in [0.3, 0.4) is 0 Å². The van der Waals surface area contributed by atoms with Gasteiger partial charge < -0.3 is 15.2 Å². The summed E-state index contributed by atoms with van der Waals surface area (Å²) in [5.41, 5.74) is 5.74. The van der Waals surface area contributed by atoms with Crippen LogP contribution in [0.1, 0.15) is 38.4 Å². The van der Waals surface area contributed by atoms with Crippen molar-refractivity contribution in [3.05, 3.63) is 70.0 Å². The first-order chi connectivity index (χ1) is 14.7. The highest BCUT2D eigenvalue weighted by atomic mass is 32.2. The van der Waals surface area contributed by atoms with Gasteiger partial charge in [-0.05, 0) is 51.0 Å². The van der Waals surface area contributed by atoms with Gasteiger partial charge in [-0.2, -0.15) is 0 Å². The molecule has 0 saturated heterocycles.